The summed E-state index contributed by atoms with van der Waals surface area (Å²) in [5.41, 5.74) is -0.219. The zero-order valence-electron chi connectivity index (χ0n) is 10.8. The zero-order valence-corrected chi connectivity index (χ0v) is 10.8. The molecule has 0 aliphatic heterocycles. The normalized spacial score (nSPS) is 14.7. The molecule has 5 heteroatoms. The summed E-state index contributed by atoms with van der Waals surface area (Å²) in [4.78, 5) is 11.7. The number of carbonyl (C=O) groups is 1. The maximum absolute atomic E-state index is 11.7. The third kappa shape index (κ3) is 4.19. The molecule has 0 saturated heterocycles. The molecule has 96 valence electrons. The number of nitrogens with one attached hydrogen (secondary N) is 1. The van der Waals surface area contributed by atoms with E-state index in [0.717, 1.165) is 0 Å². The molecule has 1 heterocycles. The van der Waals surface area contributed by atoms with Crippen LogP contribution in [0.1, 0.15) is 43.3 Å². The Balaban J connectivity index is 2.51. The van der Waals surface area contributed by atoms with Gasteiger partial charge in [0.15, 0.2) is 0 Å². The van der Waals surface area contributed by atoms with Gasteiger partial charge < -0.3 is 14.9 Å². The summed E-state index contributed by atoms with van der Waals surface area (Å²) < 4.78 is 4.83. The Kier molecular flexibility index (Phi) is 4.28. The van der Waals surface area contributed by atoms with Gasteiger partial charge in [0.1, 0.15) is 0 Å². The van der Waals surface area contributed by atoms with E-state index in [0.29, 0.717) is 17.9 Å². The van der Waals surface area contributed by atoms with Crippen LogP contribution in [0.4, 0.5) is 0 Å². The van der Waals surface area contributed by atoms with Crippen molar-refractivity contribution in [3.8, 4) is 0 Å². The third-order valence-corrected chi connectivity index (χ3v) is 2.43. The van der Waals surface area contributed by atoms with Crippen LogP contribution in [0.15, 0.2) is 10.7 Å². The topological polar surface area (TPSA) is 75.4 Å². The number of nitrogens with zero attached hydrogens (tertiary/aromatic N) is 1. The van der Waals surface area contributed by atoms with Crippen LogP contribution in [0.2, 0.25) is 0 Å². The van der Waals surface area contributed by atoms with Crippen LogP contribution in [0.3, 0.4) is 0 Å². The predicted octanol–water partition coefficient (Wildman–Crippen LogP) is 1.51. The molecule has 1 amide bonds. The molecule has 1 aromatic rings. The van der Waals surface area contributed by atoms with Crippen molar-refractivity contribution in [3.05, 3.63) is 17.5 Å². The number of hydrogen-bond acceptors (Lipinski definition) is 4. The first kappa shape index (κ1) is 13.7. The molecule has 0 fully saturated rings. The summed E-state index contributed by atoms with van der Waals surface area (Å²) in [5.74, 6) is 0.225. The molecular formula is C12H20N2O3. The zero-order chi connectivity index (χ0) is 13.1. The van der Waals surface area contributed by atoms with Gasteiger partial charge in [0.05, 0.1) is 11.8 Å². The molecule has 0 aromatic carbocycles. The fourth-order valence-electron chi connectivity index (χ4n) is 1.81. The molecule has 1 atom stereocenters. The summed E-state index contributed by atoms with van der Waals surface area (Å²) in [6, 6.07) is 0. The molecule has 2 N–H and O–H groups in total. The maximum atomic E-state index is 11.7. The molecular weight excluding hydrogens is 220 g/mol. The highest BCUT2D eigenvalue weighted by atomic mass is 16.5. The Bertz CT molecular complexity index is 383. The SMILES string of the molecule is Cc1cnoc1C(=O)NCC(C)(O)CC(C)C. The maximum Gasteiger partial charge on any atom is 0.290 e. The summed E-state index contributed by atoms with van der Waals surface area (Å²) in [6.45, 7) is 7.70. The van der Waals surface area contributed by atoms with Crippen LogP contribution in [0.25, 0.3) is 0 Å². The molecule has 0 spiro atoms. The minimum absolute atomic E-state index is 0.199. The van der Waals surface area contributed by atoms with E-state index in [-0.39, 0.29) is 18.2 Å². The van der Waals surface area contributed by atoms with Gasteiger partial charge in [0.25, 0.3) is 5.91 Å². The van der Waals surface area contributed by atoms with E-state index in [2.05, 4.69) is 10.5 Å². The Labute approximate surface area is 101 Å². The molecule has 0 aliphatic rings. The summed E-state index contributed by atoms with van der Waals surface area (Å²) in [5, 5.41) is 16.2. The molecule has 1 aromatic heterocycles. The molecule has 5 nitrogen and oxygen atoms in total. The van der Waals surface area contributed by atoms with E-state index in [4.69, 9.17) is 4.52 Å². The first-order chi connectivity index (χ1) is 7.82. The third-order valence-electron chi connectivity index (χ3n) is 2.43. The van der Waals surface area contributed by atoms with Gasteiger partial charge in [0.2, 0.25) is 5.76 Å². The first-order valence-electron chi connectivity index (χ1n) is 5.73. The average molecular weight is 240 g/mol. The van der Waals surface area contributed by atoms with Gasteiger partial charge in [-0.3, -0.25) is 4.79 Å². The number of amides is 1. The highest BCUT2D eigenvalue weighted by Crippen LogP contribution is 2.15. The minimum Gasteiger partial charge on any atom is -0.388 e. The van der Waals surface area contributed by atoms with Crippen LogP contribution >= 0.6 is 0 Å². The van der Waals surface area contributed by atoms with Crippen molar-refractivity contribution >= 4 is 5.91 Å². The Morgan fingerprint density at radius 2 is 2.29 bits per heavy atom. The van der Waals surface area contributed by atoms with Crippen molar-refractivity contribution in [3.63, 3.8) is 0 Å². The second-order valence-corrected chi connectivity index (χ2v) is 5.12. The summed E-state index contributed by atoms with van der Waals surface area (Å²) in [7, 11) is 0. The number of aliphatic hydroxyl groups is 1. The Hall–Kier alpha value is -1.36. The fourth-order valence-corrected chi connectivity index (χ4v) is 1.81. The van der Waals surface area contributed by atoms with Crippen molar-refractivity contribution in [1.29, 1.82) is 0 Å². The minimum atomic E-state index is -0.905. The van der Waals surface area contributed by atoms with Gasteiger partial charge in [-0.05, 0) is 26.2 Å². The van der Waals surface area contributed by atoms with E-state index < -0.39 is 5.60 Å². The van der Waals surface area contributed by atoms with E-state index in [1.807, 2.05) is 13.8 Å². The van der Waals surface area contributed by atoms with Crippen LogP contribution in [-0.4, -0.2) is 28.3 Å². The number of rotatable bonds is 5. The summed E-state index contributed by atoms with van der Waals surface area (Å²) in [6.07, 6.45) is 2.11. The van der Waals surface area contributed by atoms with Crippen molar-refractivity contribution in [1.82, 2.24) is 10.5 Å². The average Bonchev–Trinajstić information content (AvgIpc) is 2.59. The van der Waals surface area contributed by atoms with E-state index in [1.165, 1.54) is 6.20 Å². The van der Waals surface area contributed by atoms with Gasteiger partial charge >= 0.3 is 0 Å². The van der Waals surface area contributed by atoms with Gasteiger partial charge in [0, 0.05) is 12.1 Å². The standard InChI is InChI=1S/C12H20N2O3/c1-8(2)5-12(4,16)7-13-11(15)10-9(3)6-14-17-10/h6,8,16H,5,7H2,1-4H3,(H,13,15). The summed E-state index contributed by atoms with van der Waals surface area (Å²) >= 11 is 0. The van der Waals surface area contributed by atoms with Crippen LogP contribution in [0.5, 0.6) is 0 Å². The highest BCUT2D eigenvalue weighted by molar-refractivity contribution is 5.92. The van der Waals surface area contributed by atoms with Gasteiger partial charge in [-0.1, -0.05) is 19.0 Å². The lowest BCUT2D eigenvalue weighted by molar-refractivity contribution is 0.0362. The smallest absolute Gasteiger partial charge is 0.290 e. The van der Waals surface area contributed by atoms with Crippen molar-refractivity contribution in [2.24, 2.45) is 5.92 Å². The molecule has 0 aliphatic carbocycles. The van der Waals surface area contributed by atoms with Crippen LogP contribution in [-0.2, 0) is 0 Å². The van der Waals surface area contributed by atoms with Crippen LogP contribution in [0, 0.1) is 12.8 Å². The lowest BCUT2D eigenvalue weighted by Gasteiger charge is -2.25. The predicted molar refractivity (Wildman–Crippen MR) is 63.7 cm³/mol. The van der Waals surface area contributed by atoms with Gasteiger partial charge in [-0.15, -0.1) is 0 Å². The fraction of sp³-hybridized carbons (Fsp3) is 0.667. The highest BCUT2D eigenvalue weighted by Gasteiger charge is 2.24. The lowest BCUT2D eigenvalue weighted by Crippen LogP contribution is -2.41. The Morgan fingerprint density at radius 1 is 1.65 bits per heavy atom. The molecule has 0 saturated carbocycles. The van der Waals surface area contributed by atoms with Crippen LogP contribution < -0.4 is 5.32 Å². The van der Waals surface area contributed by atoms with Crippen molar-refractivity contribution in [2.75, 3.05) is 6.54 Å². The van der Waals surface area contributed by atoms with E-state index in [9.17, 15) is 9.90 Å². The number of aryl methyl sites for hydroxylation is 1. The molecule has 1 rings (SSSR count). The van der Waals surface area contributed by atoms with Gasteiger partial charge in [-0.2, -0.15) is 0 Å². The van der Waals surface area contributed by atoms with Gasteiger partial charge in [-0.25, -0.2) is 0 Å². The molecule has 17 heavy (non-hydrogen) atoms. The molecule has 0 radical (unpaired) electrons. The Morgan fingerprint density at radius 3 is 2.76 bits per heavy atom. The van der Waals surface area contributed by atoms with E-state index in [1.54, 1.807) is 13.8 Å². The van der Waals surface area contributed by atoms with E-state index >= 15 is 0 Å². The number of aromatic nitrogens is 1. The largest absolute Gasteiger partial charge is 0.388 e. The van der Waals surface area contributed by atoms with Crippen molar-refractivity contribution in [2.45, 2.75) is 39.7 Å². The lowest BCUT2D eigenvalue weighted by atomic mass is 9.94. The second kappa shape index (κ2) is 5.31. The monoisotopic (exact) mass is 240 g/mol. The molecule has 0 bridgehead atoms. The number of carbonyl (C=O) groups excluding carboxylic acids is 1. The first-order valence-corrected chi connectivity index (χ1v) is 5.73. The number of hydrogen-bond donors (Lipinski definition) is 2. The van der Waals surface area contributed by atoms with Crippen molar-refractivity contribution < 1.29 is 14.4 Å². The second-order valence-electron chi connectivity index (χ2n) is 5.12. The molecule has 1 unspecified atom stereocenters. The quantitative estimate of drug-likeness (QED) is 0.818.